The summed E-state index contributed by atoms with van der Waals surface area (Å²) in [7, 11) is 0. The van der Waals surface area contributed by atoms with Gasteiger partial charge in [0.25, 0.3) is 0 Å². The first kappa shape index (κ1) is 16.6. The molecular formula is C19H19ClN2O3. The van der Waals surface area contributed by atoms with E-state index in [9.17, 15) is 4.79 Å². The third-order valence-electron chi connectivity index (χ3n) is 5.02. The van der Waals surface area contributed by atoms with Gasteiger partial charge in [0.1, 0.15) is 11.8 Å². The van der Waals surface area contributed by atoms with E-state index in [4.69, 9.17) is 21.1 Å². The van der Waals surface area contributed by atoms with Crippen molar-refractivity contribution in [1.29, 1.82) is 0 Å². The zero-order valence-corrected chi connectivity index (χ0v) is 14.4. The Morgan fingerprint density at radius 3 is 3.16 bits per heavy atom. The zero-order chi connectivity index (χ0) is 17.2. The minimum absolute atomic E-state index is 0.106. The second-order valence-corrected chi connectivity index (χ2v) is 7.01. The van der Waals surface area contributed by atoms with Gasteiger partial charge in [-0.05, 0) is 24.6 Å². The number of Topliss-reactive ketones (excluding diaryl/α,β-unsaturated/α-hetero) is 1. The molecule has 1 N–H and O–H groups in total. The molecule has 0 radical (unpaired) electrons. The maximum Gasteiger partial charge on any atom is 0.174 e. The zero-order valence-electron chi connectivity index (χ0n) is 13.7. The Morgan fingerprint density at radius 1 is 1.36 bits per heavy atom. The molecule has 25 heavy (non-hydrogen) atoms. The summed E-state index contributed by atoms with van der Waals surface area (Å²) >= 11 is 6.00. The van der Waals surface area contributed by atoms with Gasteiger partial charge < -0.3 is 9.47 Å². The molecule has 0 aromatic heterocycles. The summed E-state index contributed by atoms with van der Waals surface area (Å²) in [4.78, 5) is 17.4. The van der Waals surface area contributed by atoms with Crippen LogP contribution in [0.15, 0.2) is 29.3 Å². The standard InChI is InChI=1S/C19H19ClN2O3/c20-14-3-1-2-12(8-14)4-5-13-10-24-7-6-15(13)18(23)16-9-21-19-17(16)22-11-25-19/h1-3,8,11,13,15-17,19,21H,6-7,9-10H2. The molecule has 0 saturated carbocycles. The summed E-state index contributed by atoms with van der Waals surface area (Å²) in [5, 5.41) is 3.87. The van der Waals surface area contributed by atoms with Crippen molar-refractivity contribution in [3.63, 3.8) is 0 Å². The number of rotatable bonds is 2. The number of fused-ring (bicyclic) bond motifs is 1. The Morgan fingerprint density at radius 2 is 2.28 bits per heavy atom. The fraction of sp³-hybridized carbons (Fsp3) is 0.474. The summed E-state index contributed by atoms with van der Waals surface area (Å²) in [5.41, 5.74) is 0.848. The number of hydrogen-bond acceptors (Lipinski definition) is 5. The van der Waals surface area contributed by atoms with Crippen molar-refractivity contribution in [1.82, 2.24) is 5.32 Å². The molecule has 0 spiro atoms. The molecule has 4 rings (SSSR count). The number of ether oxygens (including phenoxy) is 2. The number of halogens is 1. The first-order valence-corrected chi connectivity index (χ1v) is 8.89. The highest BCUT2D eigenvalue weighted by Crippen LogP contribution is 2.31. The van der Waals surface area contributed by atoms with Crippen LogP contribution in [0.5, 0.6) is 0 Å². The van der Waals surface area contributed by atoms with E-state index < -0.39 is 0 Å². The molecule has 2 fully saturated rings. The van der Waals surface area contributed by atoms with Gasteiger partial charge in [-0.1, -0.05) is 29.5 Å². The minimum atomic E-state index is -0.162. The van der Waals surface area contributed by atoms with Crippen LogP contribution in [0.3, 0.4) is 0 Å². The van der Waals surface area contributed by atoms with E-state index in [-0.39, 0.29) is 35.8 Å². The van der Waals surface area contributed by atoms with Crippen LogP contribution in [-0.4, -0.2) is 44.2 Å². The summed E-state index contributed by atoms with van der Waals surface area (Å²) in [6.07, 6.45) is 1.98. The number of aliphatic imine (C=N–C) groups is 1. The van der Waals surface area contributed by atoms with Crippen LogP contribution in [0.1, 0.15) is 12.0 Å². The first-order chi connectivity index (χ1) is 12.2. The maximum atomic E-state index is 13.1. The molecule has 5 nitrogen and oxygen atoms in total. The molecule has 2 saturated heterocycles. The number of carbonyl (C=O) groups is 1. The normalized spacial score (nSPS) is 33.2. The van der Waals surface area contributed by atoms with Crippen LogP contribution in [0.2, 0.25) is 5.02 Å². The van der Waals surface area contributed by atoms with Crippen molar-refractivity contribution >= 4 is 23.8 Å². The number of ketones is 1. The summed E-state index contributed by atoms with van der Waals surface area (Å²) < 4.78 is 10.9. The number of hydrogen-bond donors (Lipinski definition) is 1. The van der Waals surface area contributed by atoms with Gasteiger partial charge in [-0.25, -0.2) is 4.99 Å². The third kappa shape index (κ3) is 3.43. The van der Waals surface area contributed by atoms with Gasteiger partial charge in [-0.3, -0.25) is 10.1 Å². The molecule has 3 heterocycles. The predicted octanol–water partition coefficient (Wildman–Crippen LogP) is 1.89. The van der Waals surface area contributed by atoms with Gasteiger partial charge in [-0.2, -0.15) is 0 Å². The van der Waals surface area contributed by atoms with Gasteiger partial charge in [0, 0.05) is 29.7 Å². The lowest BCUT2D eigenvalue weighted by atomic mass is 9.79. The quantitative estimate of drug-likeness (QED) is 0.820. The van der Waals surface area contributed by atoms with Crippen molar-refractivity contribution < 1.29 is 14.3 Å². The van der Waals surface area contributed by atoms with E-state index in [1.54, 1.807) is 0 Å². The summed E-state index contributed by atoms with van der Waals surface area (Å²) in [6.45, 7) is 1.69. The lowest BCUT2D eigenvalue weighted by Crippen LogP contribution is -2.39. The molecule has 6 heteroatoms. The van der Waals surface area contributed by atoms with Gasteiger partial charge in [0.05, 0.1) is 18.4 Å². The SMILES string of the molecule is O=C(C1CCOCC1C#Cc1cccc(Cl)c1)C1CNC2OC=NC21. The van der Waals surface area contributed by atoms with Crippen molar-refractivity contribution in [2.45, 2.75) is 18.7 Å². The monoisotopic (exact) mass is 358 g/mol. The van der Waals surface area contributed by atoms with E-state index in [0.717, 1.165) is 5.56 Å². The lowest BCUT2D eigenvalue weighted by Gasteiger charge is -2.29. The van der Waals surface area contributed by atoms with Crippen molar-refractivity contribution in [2.24, 2.45) is 22.7 Å². The molecule has 3 aliphatic heterocycles. The Hall–Kier alpha value is -1.87. The summed E-state index contributed by atoms with van der Waals surface area (Å²) in [5.74, 6) is 6.21. The van der Waals surface area contributed by atoms with Crippen LogP contribution in [0, 0.1) is 29.6 Å². The molecule has 5 atom stereocenters. The average molecular weight is 359 g/mol. The second kappa shape index (κ2) is 7.17. The molecule has 0 amide bonds. The Labute approximate surface area is 151 Å². The van der Waals surface area contributed by atoms with Crippen molar-refractivity contribution in [3.8, 4) is 11.8 Å². The Balaban J connectivity index is 1.51. The topological polar surface area (TPSA) is 59.9 Å². The van der Waals surface area contributed by atoms with Crippen LogP contribution >= 0.6 is 11.6 Å². The highest BCUT2D eigenvalue weighted by atomic mass is 35.5. The lowest BCUT2D eigenvalue weighted by molar-refractivity contribution is -0.131. The number of nitrogens with zero attached hydrogens (tertiary/aromatic N) is 1. The molecule has 5 unspecified atom stereocenters. The molecular weight excluding hydrogens is 340 g/mol. The minimum Gasteiger partial charge on any atom is -0.463 e. The fourth-order valence-corrected chi connectivity index (χ4v) is 3.87. The third-order valence-corrected chi connectivity index (χ3v) is 5.25. The van der Waals surface area contributed by atoms with Gasteiger partial charge in [0.15, 0.2) is 12.6 Å². The largest absolute Gasteiger partial charge is 0.463 e. The maximum absolute atomic E-state index is 13.1. The Kier molecular flexibility index (Phi) is 4.76. The van der Waals surface area contributed by atoms with Crippen molar-refractivity contribution in [2.75, 3.05) is 19.8 Å². The van der Waals surface area contributed by atoms with Gasteiger partial charge in [-0.15, -0.1) is 0 Å². The van der Waals surface area contributed by atoms with Crippen molar-refractivity contribution in [3.05, 3.63) is 34.9 Å². The molecule has 1 aromatic carbocycles. The fourth-order valence-electron chi connectivity index (χ4n) is 3.68. The number of nitrogens with one attached hydrogen (secondary N) is 1. The molecule has 1 aromatic rings. The van der Waals surface area contributed by atoms with Crippen LogP contribution < -0.4 is 5.32 Å². The Bertz CT molecular complexity index is 755. The predicted molar refractivity (Wildman–Crippen MR) is 94.4 cm³/mol. The molecule has 0 bridgehead atoms. The number of carbonyl (C=O) groups excluding carboxylic acids is 1. The van der Waals surface area contributed by atoms with Gasteiger partial charge >= 0.3 is 0 Å². The van der Waals surface area contributed by atoms with Crippen LogP contribution in [-0.2, 0) is 14.3 Å². The van der Waals surface area contributed by atoms with Gasteiger partial charge in [0.2, 0.25) is 0 Å². The highest BCUT2D eigenvalue weighted by Gasteiger charge is 2.46. The van der Waals surface area contributed by atoms with E-state index >= 15 is 0 Å². The highest BCUT2D eigenvalue weighted by molar-refractivity contribution is 6.30. The smallest absolute Gasteiger partial charge is 0.174 e. The van der Waals surface area contributed by atoms with E-state index in [1.165, 1.54) is 6.40 Å². The first-order valence-electron chi connectivity index (χ1n) is 8.51. The molecule has 3 aliphatic rings. The van der Waals surface area contributed by atoms with Crippen LogP contribution in [0.4, 0.5) is 0 Å². The molecule has 0 aliphatic carbocycles. The average Bonchev–Trinajstić information content (AvgIpc) is 3.23. The van der Waals surface area contributed by atoms with E-state index in [2.05, 4.69) is 22.2 Å². The number of benzene rings is 1. The molecule has 130 valence electrons. The summed E-state index contributed by atoms with van der Waals surface area (Å²) in [6, 6.07) is 7.31. The van der Waals surface area contributed by atoms with Crippen LogP contribution in [0.25, 0.3) is 0 Å². The second-order valence-electron chi connectivity index (χ2n) is 6.58. The van der Waals surface area contributed by atoms with E-state index in [0.29, 0.717) is 31.2 Å². The van der Waals surface area contributed by atoms with E-state index in [1.807, 2.05) is 24.3 Å².